The molecule has 4 rings (SSSR count). The molecule has 0 radical (unpaired) electrons. The number of thioether (sulfide) groups is 1. The summed E-state index contributed by atoms with van der Waals surface area (Å²) in [5.41, 5.74) is 0.530. The van der Waals surface area contributed by atoms with Crippen LogP contribution in [0.3, 0.4) is 0 Å². The lowest BCUT2D eigenvalue weighted by atomic mass is 10.3. The van der Waals surface area contributed by atoms with Crippen molar-refractivity contribution in [1.82, 2.24) is 14.8 Å². The van der Waals surface area contributed by atoms with E-state index in [9.17, 15) is 4.79 Å². The molecule has 10 heteroatoms. The number of furan rings is 1. The van der Waals surface area contributed by atoms with Crippen LogP contribution in [0, 0.1) is 0 Å². The number of ether oxygens (including phenoxy) is 1. The lowest BCUT2D eigenvalue weighted by Crippen LogP contribution is -2.15. The van der Waals surface area contributed by atoms with Gasteiger partial charge >= 0.3 is 0 Å². The molecule has 4 aromatic rings. The molecule has 0 spiro atoms. The molecule has 0 aliphatic heterocycles. The maximum Gasteiger partial charge on any atom is 0.234 e. The molecule has 1 amide bonds. The number of para-hydroxylation sites is 1. The summed E-state index contributed by atoms with van der Waals surface area (Å²) in [6, 6.07) is 18.0. The molecule has 32 heavy (non-hydrogen) atoms. The third-order valence-corrected chi connectivity index (χ3v) is 5.68. The van der Waals surface area contributed by atoms with Crippen molar-refractivity contribution < 1.29 is 13.9 Å². The van der Waals surface area contributed by atoms with E-state index in [1.807, 2.05) is 47.0 Å². The molecule has 7 nitrogen and oxygen atoms in total. The first kappa shape index (κ1) is 22.3. The van der Waals surface area contributed by atoms with Crippen LogP contribution in [0.15, 0.2) is 76.5 Å². The van der Waals surface area contributed by atoms with Crippen LogP contribution in [0.1, 0.15) is 11.6 Å². The van der Waals surface area contributed by atoms with Crippen molar-refractivity contribution in [1.29, 1.82) is 0 Å². The molecule has 0 aliphatic carbocycles. The maximum absolute atomic E-state index is 12.4. The van der Waals surface area contributed by atoms with Crippen molar-refractivity contribution >= 4 is 46.6 Å². The first-order chi connectivity index (χ1) is 15.6. The van der Waals surface area contributed by atoms with Gasteiger partial charge in [-0.1, -0.05) is 53.2 Å². The highest BCUT2D eigenvalue weighted by Gasteiger charge is 2.16. The van der Waals surface area contributed by atoms with Gasteiger partial charge in [0.2, 0.25) is 5.91 Å². The van der Waals surface area contributed by atoms with Gasteiger partial charge in [-0.3, -0.25) is 9.36 Å². The second-order valence-electron chi connectivity index (χ2n) is 6.66. The zero-order valence-electron chi connectivity index (χ0n) is 16.7. The molecular weight excluding hydrogens is 471 g/mol. The fourth-order valence-electron chi connectivity index (χ4n) is 2.87. The van der Waals surface area contributed by atoms with Crippen molar-refractivity contribution in [2.75, 3.05) is 11.1 Å². The van der Waals surface area contributed by atoms with Crippen molar-refractivity contribution in [3.8, 4) is 5.75 Å². The van der Waals surface area contributed by atoms with Gasteiger partial charge in [-0.2, -0.15) is 0 Å². The normalized spacial score (nSPS) is 10.8. The molecule has 2 aromatic carbocycles. The molecule has 0 bridgehead atoms. The van der Waals surface area contributed by atoms with Crippen LogP contribution in [0.4, 0.5) is 5.69 Å². The van der Waals surface area contributed by atoms with E-state index >= 15 is 0 Å². The smallest absolute Gasteiger partial charge is 0.234 e. The molecule has 0 atom stereocenters. The topological polar surface area (TPSA) is 82.2 Å². The standard InChI is InChI=1S/C22H18Cl2N4O3S/c23-15-9-16(24)11-17(10-15)25-21(29)14-32-22-27-26-20(13-31-18-5-2-1-3-6-18)28(22)12-19-7-4-8-30-19/h1-11H,12-14H2,(H,25,29). The van der Waals surface area contributed by atoms with Crippen molar-refractivity contribution in [2.45, 2.75) is 18.3 Å². The first-order valence-electron chi connectivity index (χ1n) is 9.58. The van der Waals surface area contributed by atoms with E-state index in [0.29, 0.717) is 33.3 Å². The lowest BCUT2D eigenvalue weighted by molar-refractivity contribution is -0.113. The number of rotatable bonds is 9. The Morgan fingerprint density at radius 1 is 1.06 bits per heavy atom. The van der Waals surface area contributed by atoms with Gasteiger partial charge in [0.15, 0.2) is 11.0 Å². The van der Waals surface area contributed by atoms with E-state index in [4.69, 9.17) is 32.4 Å². The molecule has 164 valence electrons. The van der Waals surface area contributed by atoms with Crippen LogP contribution in [-0.2, 0) is 17.9 Å². The number of benzene rings is 2. The van der Waals surface area contributed by atoms with Crippen LogP contribution in [-0.4, -0.2) is 26.4 Å². The molecule has 0 fully saturated rings. The number of nitrogens with one attached hydrogen (secondary N) is 1. The van der Waals surface area contributed by atoms with Gasteiger partial charge in [-0.05, 0) is 42.5 Å². The summed E-state index contributed by atoms with van der Waals surface area (Å²) in [6.07, 6.45) is 1.61. The number of hydrogen-bond donors (Lipinski definition) is 1. The summed E-state index contributed by atoms with van der Waals surface area (Å²) in [7, 11) is 0. The Labute approximate surface area is 198 Å². The van der Waals surface area contributed by atoms with Gasteiger partial charge in [0.05, 0.1) is 18.6 Å². The SMILES string of the molecule is O=C(CSc1nnc(COc2ccccc2)n1Cc1ccco1)Nc1cc(Cl)cc(Cl)c1. The van der Waals surface area contributed by atoms with Gasteiger partial charge in [0.25, 0.3) is 0 Å². The minimum Gasteiger partial charge on any atom is -0.486 e. The van der Waals surface area contributed by atoms with Crippen LogP contribution in [0.2, 0.25) is 10.0 Å². The molecule has 2 aromatic heterocycles. The Bertz CT molecular complexity index is 1160. The van der Waals surface area contributed by atoms with E-state index < -0.39 is 0 Å². The second kappa shape index (κ2) is 10.6. The number of anilines is 1. The molecule has 1 N–H and O–H groups in total. The lowest BCUT2D eigenvalue weighted by Gasteiger charge is -2.10. The summed E-state index contributed by atoms with van der Waals surface area (Å²) in [5, 5.41) is 12.8. The summed E-state index contributed by atoms with van der Waals surface area (Å²) in [4.78, 5) is 12.4. The molecule has 0 saturated heterocycles. The monoisotopic (exact) mass is 488 g/mol. The Balaban J connectivity index is 1.44. The van der Waals surface area contributed by atoms with Crippen LogP contribution in [0.25, 0.3) is 0 Å². The van der Waals surface area contributed by atoms with Crippen molar-refractivity contribution in [3.63, 3.8) is 0 Å². The predicted octanol–water partition coefficient (Wildman–Crippen LogP) is 5.54. The van der Waals surface area contributed by atoms with E-state index in [2.05, 4.69) is 15.5 Å². The number of nitrogens with zero attached hydrogens (tertiary/aromatic N) is 3. The van der Waals surface area contributed by atoms with Gasteiger partial charge in [0.1, 0.15) is 18.1 Å². The highest BCUT2D eigenvalue weighted by Crippen LogP contribution is 2.24. The second-order valence-corrected chi connectivity index (χ2v) is 8.48. The summed E-state index contributed by atoms with van der Waals surface area (Å²) in [5.74, 6) is 2.00. The van der Waals surface area contributed by atoms with Gasteiger partial charge in [-0.15, -0.1) is 10.2 Å². The summed E-state index contributed by atoms with van der Waals surface area (Å²) in [6.45, 7) is 0.646. The highest BCUT2D eigenvalue weighted by molar-refractivity contribution is 7.99. The van der Waals surface area contributed by atoms with Crippen LogP contribution in [0.5, 0.6) is 5.75 Å². The minimum atomic E-state index is -0.219. The number of hydrogen-bond acceptors (Lipinski definition) is 6. The number of carbonyl (C=O) groups excluding carboxylic acids is 1. The van der Waals surface area contributed by atoms with E-state index in [-0.39, 0.29) is 18.3 Å². The summed E-state index contributed by atoms with van der Waals surface area (Å²) >= 11 is 13.2. The van der Waals surface area contributed by atoms with E-state index in [0.717, 1.165) is 11.5 Å². The zero-order chi connectivity index (χ0) is 22.3. The fraction of sp³-hybridized carbons (Fsp3) is 0.136. The number of halogens is 2. The molecule has 0 unspecified atom stereocenters. The highest BCUT2D eigenvalue weighted by atomic mass is 35.5. The van der Waals surface area contributed by atoms with Gasteiger partial charge in [0, 0.05) is 15.7 Å². The third-order valence-electron chi connectivity index (χ3n) is 4.28. The number of amides is 1. The average molecular weight is 489 g/mol. The van der Waals surface area contributed by atoms with Gasteiger partial charge < -0.3 is 14.5 Å². The quantitative estimate of drug-likeness (QED) is 0.311. The Morgan fingerprint density at radius 3 is 2.56 bits per heavy atom. The predicted molar refractivity (Wildman–Crippen MR) is 124 cm³/mol. The van der Waals surface area contributed by atoms with E-state index in [1.54, 1.807) is 24.5 Å². The molecule has 2 heterocycles. The van der Waals surface area contributed by atoms with Gasteiger partial charge in [-0.25, -0.2) is 0 Å². The summed E-state index contributed by atoms with van der Waals surface area (Å²) < 4.78 is 13.2. The maximum atomic E-state index is 12.4. The molecule has 0 saturated carbocycles. The molecule has 0 aliphatic rings. The zero-order valence-corrected chi connectivity index (χ0v) is 19.0. The van der Waals surface area contributed by atoms with E-state index in [1.165, 1.54) is 11.8 Å². The Morgan fingerprint density at radius 2 is 1.84 bits per heavy atom. The first-order valence-corrected chi connectivity index (χ1v) is 11.3. The van der Waals surface area contributed by atoms with Crippen molar-refractivity contribution in [2.24, 2.45) is 0 Å². The Hall–Kier alpha value is -2.94. The largest absolute Gasteiger partial charge is 0.486 e. The number of aromatic nitrogens is 3. The van der Waals surface area contributed by atoms with Crippen LogP contribution < -0.4 is 10.1 Å². The minimum absolute atomic E-state index is 0.125. The Kier molecular flexibility index (Phi) is 7.36. The average Bonchev–Trinajstić information content (AvgIpc) is 3.41. The van der Waals surface area contributed by atoms with Crippen molar-refractivity contribution in [3.05, 3.63) is 88.6 Å². The third kappa shape index (κ3) is 6.06. The van der Waals surface area contributed by atoms with Crippen LogP contribution >= 0.6 is 35.0 Å². The molecular formula is C22H18Cl2N4O3S. The number of carbonyl (C=O) groups is 1. The fourth-order valence-corrected chi connectivity index (χ4v) is 4.15.